The molecular weight excluding hydrogens is 388 g/mol. The zero-order chi connectivity index (χ0) is 22.0. The molecule has 0 spiro atoms. The molecule has 0 N–H and O–H groups in total. The van der Waals surface area contributed by atoms with Crippen LogP contribution in [0.15, 0.2) is 39.5 Å². The number of rotatable bonds is 6. The van der Waals surface area contributed by atoms with E-state index in [-0.39, 0.29) is 16.9 Å². The van der Waals surface area contributed by atoms with Gasteiger partial charge in [0.25, 0.3) is 0 Å². The number of ether oxygens (including phenoxy) is 4. The third kappa shape index (κ3) is 3.83. The standard InChI is InChI=1S/C23H24O7/c1-12-9-13(2)19-18(10-12)30-21(15-7-8-16(26-4)17(11-15)27-5)22(20(19)24)29-14(3)23(25)28-6/h7-11,14H,1-6H3/t14-/m0/s1. The quantitative estimate of drug-likeness (QED) is 0.565. The van der Waals surface area contributed by atoms with Crippen LogP contribution in [0, 0.1) is 13.8 Å². The van der Waals surface area contributed by atoms with Crippen molar-refractivity contribution in [2.24, 2.45) is 0 Å². The third-order valence-electron chi connectivity index (χ3n) is 4.77. The summed E-state index contributed by atoms with van der Waals surface area (Å²) >= 11 is 0. The van der Waals surface area contributed by atoms with E-state index in [2.05, 4.69) is 0 Å². The Morgan fingerprint density at radius 1 is 1.00 bits per heavy atom. The molecular formula is C23H24O7. The van der Waals surface area contributed by atoms with Gasteiger partial charge in [-0.25, -0.2) is 4.79 Å². The van der Waals surface area contributed by atoms with Crippen molar-refractivity contribution in [2.45, 2.75) is 26.9 Å². The molecule has 0 aliphatic heterocycles. The molecule has 1 aromatic heterocycles. The molecule has 0 aliphatic carbocycles. The molecule has 7 heteroatoms. The van der Waals surface area contributed by atoms with Gasteiger partial charge >= 0.3 is 5.97 Å². The van der Waals surface area contributed by atoms with Gasteiger partial charge in [0.05, 0.1) is 26.7 Å². The summed E-state index contributed by atoms with van der Waals surface area (Å²) in [6.45, 7) is 5.26. The molecule has 0 radical (unpaired) electrons. The molecule has 0 saturated heterocycles. The van der Waals surface area contributed by atoms with Crippen LogP contribution in [0.25, 0.3) is 22.3 Å². The number of carbonyl (C=O) groups excluding carboxylic acids is 1. The monoisotopic (exact) mass is 412 g/mol. The van der Waals surface area contributed by atoms with Crippen molar-refractivity contribution in [3.63, 3.8) is 0 Å². The van der Waals surface area contributed by atoms with Crippen molar-refractivity contribution in [3.8, 4) is 28.6 Å². The van der Waals surface area contributed by atoms with Gasteiger partial charge in [-0.05, 0) is 56.2 Å². The number of esters is 1. The second-order valence-electron chi connectivity index (χ2n) is 6.90. The summed E-state index contributed by atoms with van der Waals surface area (Å²) in [7, 11) is 4.31. The Kier molecular flexibility index (Phi) is 6.01. The Labute approximate surface area is 174 Å². The summed E-state index contributed by atoms with van der Waals surface area (Å²) in [6, 6.07) is 8.79. The number of fused-ring (bicyclic) bond motifs is 1. The lowest BCUT2D eigenvalue weighted by atomic mass is 10.0. The summed E-state index contributed by atoms with van der Waals surface area (Å²) in [5, 5.41) is 0.400. The van der Waals surface area contributed by atoms with E-state index in [0.717, 1.165) is 11.1 Å². The molecule has 158 valence electrons. The fourth-order valence-electron chi connectivity index (χ4n) is 3.34. The van der Waals surface area contributed by atoms with Crippen LogP contribution in [0.4, 0.5) is 0 Å². The SMILES string of the molecule is COC(=O)[C@H](C)Oc1c(-c2ccc(OC)c(OC)c2)oc2cc(C)cc(C)c2c1=O. The van der Waals surface area contributed by atoms with Crippen molar-refractivity contribution in [1.82, 2.24) is 0 Å². The molecule has 0 fully saturated rings. The minimum atomic E-state index is -1.00. The van der Waals surface area contributed by atoms with Crippen molar-refractivity contribution in [1.29, 1.82) is 0 Å². The second kappa shape index (κ2) is 8.49. The lowest BCUT2D eigenvalue weighted by molar-refractivity contribution is -0.147. The van der Waals surface area contributed by atoms with Gasteiger partial charge < -0.3 is 23.4 Å². The highest BCUT2D eigenvalue weighted by molar-refractivity contribution is 5.86. The number of aryl methyl sites for hydroxylation is 2. The van der Waals surface area contributed by atoms with Crippen LogP contribution < -0.4 is 19.6 Å². The predicted molar refractivity (Wildman–Crippen MR) is 113 cm³/mol. The van der Waals surface area contributed by atoms with E-state index >= 15 is 0 Å². The molecule has 3 aromatic rings. The largest absolute Gasteiger partial charge is 0.493 e. The van der Waals surface area contributed by atoms with Crippen LogP contribution in [0.5, 0.6) is 17.2 Å². The minimum Gasteiger partial charge on any atom is -0.493 e. The Bertz CT molecular complexity index is 1160. The van der Waals surface area contributed by atoms with Gasteiger partial charge in [-0.1, -0.05) is 6.07 Å². The first-order valence-corrected chi connectivity index (χ1v) is 9.35. The third-order valence-corrected chi connectivity index (χ3v) is 4.77. The van der Waals surface area contributed by atoms with E-state index in [1.54, 1.807) is 24.3 Å². The van der Waals surface area contributed by atoms with Gasteiger partial charge in [0.15, 0.2) is 23.4 Å². The van der Waals surface area contributed by atoms with E-state index in [1.165, 1.54) is 28.3 Å². The Morgan fingerprint density at radius 2 is 1.70 bits per heavy atom. The molecule has 1 atom stereocenters. The highest BCUT2D eigenvalue weighted by Crippen LogP contribution is 2.37. The molecule has 7 nitrogen and oxygen atoms in total. The molecule has 1 heterocycles. The molecule has 30 heavy (non-hydrogen) atoms. The van der Waals surface area contributed by atoms with E-state index < -0.39 is 12.1 Å². The van der Waals surface area contributed by atoms with Crippen molar-refractivity contribution in [3.05, 3.63) is 51.7 Å². The summed E-state index contributed by atoms with van der Waals surface area (Å²) in [6.07, 6.45) is -1.00. The highest BCUT2D eigenvalue weighted by atomic mass is 16.6. The molecule has 0 amide bonds. The van der Waals surface area contributed by atoms with Crippen LogP contribution in [-0.4, -0.2) is 33.4 Å². The van der Waals surface area contributed by atoms with Gasteiger partial charge in [0.2, 0.25) is 11.2 Å². The summed E-state index contributed by atoms with van der Waals surface area (Å²) < 4.78 is 27.3. The molecule has 0 bridgehead atoms. The van der Waals surface area contributed by atoms with E-state index in [4.69, 9.17) is 23.4 Å². The topological polar surface area (TPSA) is 84.2 Å². The number of benzene rings is 2. The predicted octanol–water partition coefficient (Wildman–Crippen LogP) is 4.03. The smallest absolute Gasteiger partial charge is 0.346 e. The number of methoxy groups -OCH3 is 3. The molecule has 0 saturated carbocycles. The Balaban J connectivity index is 2.32. The second-order valence-corrected chi connectivity index (χ2v) is 6.90. The maximum Gasteiger partial charge on any atom is 0.346 e. The van der Waals surface area contributed by atoms with Crippen molar-refractivity contribution in [2.75, 3.05) is 21.3 Å². The van der Waals surface area contributed by atoms with Crippen LogP contribution in [0.2, 0.25) is 0 Å². The average molecular weight is 412 g/mol. The van der Waals surface area contributed by atoms with Crippen LogP contribution in [0.3, 0.4) is 0 Å². The first-order chi connectivity index (χ1) is 14.3. The average Bonchev–Trinajstić information content (AvgIpc) is 2.73. The Morgan fingerprint density at radius 3 is 2.33 bits per heavy atom. The normalized spacial score (nSPS) is 11.8. The van der Waals surface area contributed by atoms with Crippen molar-refractivity contribution >= 4 is 16.9 Å². The fraction of sp³-hybridized carbons (Fsp3) is 0.304. The molecule has 0 unspecified atom stereocenters. The van der Waals surface area contributed by atoms with E-state index in [0.29, 0.717) is 28.0 Å². The highest BCUT2D eigenvalue weighted by Gasteiger charge is 2.25. The maximum absolute atomic E-state index is 13.4. The molecule has 2 aromatic carbocycles. The lowest BCUT2D eigenvalue weighted by Gasteiger charge is -2.17. The maximum atomic E-state index is 13.4. The van der Waals surface area contributed by atoms with Gasteiger partial charge in [-0.2, -0.15) is 0 Å². The molecule has 0 aliphatic rings. The summed E-state index contributed by atoms with van der Waals surface area (Å²) in [5.74, 6) is 0.508. The summed E-state index contributed by atoms with van der Waals surface area (Å²) in [4.78, 5) is 25.3. The van der Waals surface area contributed by atoms with Crippen LogP contribution in [-0.2, 0) is 9.53 Å². The minimum absolute atomic E-state index is 0.0698. The first kappa shape index (κ1) is 21.2. The van der Waals surface area contributed by atoms with Gasteiger partial charge in [0, 0.05) is 5.56 Å². The molecule has 3 rings (SSSR count). The fourth-order valence-corrected chi connectivity index (χ4v) is 3.34. The number of carbonyl (C=O) groups is 1. The van der Waals surface area contributed by atoms with Gasteiger partial charge in [-0.15, -0.1) is 0 Å². The first-order valence-electron chi connectivity index (χ1n) is 9.35. The van der Waals surface area contributed by atoms with E-state index in [1.807, 2.05) is 19.9 Å². The Hall–Kier alpha value is -3.48. The zero-order valence-corrected chi connectivity index (χ0v) is 17.8. The van der Waals surface area contributed by atoms with Gasteiger partial charge in [0.1, 0.15) is 5.58 Å². The van der Waals surface area contributed by atoms with Gasteiger partial charge in [-0.3, -0.25) is 4.79 Å². The van der Waals surface area contributed by atoms with Crippen LogP contribution >= 0.6 is 0 Å². The number of hydrogen-bond donors (Lipinski definition) is 0. The zero-order valence-electron chi connectivity index (χ0n) is 17.8. The van der Waals surface area contributed by atoms with Crippen molar-refractivity contribution < 1.29 is 28.2 Å². The number of hydrogen-bond acceptors (Lipinski definition) is 7. The lowest BCUT2D eigenvalue weighted by Crippen LogP contribution is -2.27. The summed E-state index contributed by atoms with van der Waals surface area (Å²) in [5.41, 5.74) is 2.32. The van der Waals surface area contributed by atoms with E-state index in [9.17, 15) is 9.59 Å². The van der Waals surface area contributed by atoms with Crippen LogP contribution in [0.1, 0.15) is 18.1 Å².